The fourth-order valence-corrected chi connectivity index (χ4v) is 7.29. The van der Waals surface area contributed by atoms with E-state index in [9.17, 15) is 18.4 Å². The average molecular weight is 600 g/mol. The molecular weight excluding hydrogens is 551 g/mol. The molecule has 4 rings (SSSR count). The minimum Gasteiger partial charge on any atom is -0.342 e. The number of nitrogens with zero attached hydrogens (tertiary/aromatic N) is 3. The molecule has 0 radical (unpaired) electrons. The molecular formula is C35H48F3N3O2. The van der Waals surface area contributed by atoms with E-state index >= 15 is 4.39 Å². The SMILES string of the molecule is CC(=O)N(C(C)C)C(C)c1cc(F)c(C)cc1C1CCN(C(=O)C2CCN(C(C)(C)C)C[C@H]2c2ccc(F)cc2F)CC1. The van der Waals surface area contributed by atoms with E-state index in [0.717, 1.165) is 23.7 Å². The fourth-order valence-electron chi connectivity index (χ4n) is 7.29. The van der Waals surface area contributed by atoms with Gasteiger partial charge in [-0.1, -0.05) is 12.1 Å². The van der Waals surface area contributed by atoms with Crippen molar-refractivity contribution in [2.45, 2.75) is 104 Å². The van der Waals surface area contributed by atoms with Gasteiger partial charge in [0.05, 0.1) is 6.04 Å². The summed E-state index contributed by atoms with van der Waals surface area (Å²) in [6.07, 6.45) is 2.04. The van der Waals surface area contributed by atoms with Crippen LogP contribution in [0.1, 0.15) is 108 Å². The summed E-state index contributed by atoms with van der Waals surface area (Å²) in [4.78, 5) is 32.5. The van der Waals surface area contributed by atoms with Crippen molar-refractivity contribution >= 4 is 11.8 Å². The number of aryl methyl sites for hydroxylation is 1. The second kappa shape index (κ2) is 13.0. The zero-order valence-corrected chi connectivity index (χ0v) is 27.0. The van der Waals surface area contributed by atoms with Crippen LogP contribution in [0.25, 0.3) is 0 Å². The summed E-state index contributed by atoms with van der Waals surface area (Å²) in [7, 11) is 0. The van der Waals surface area contributed by atoms with Crippen LogP contribution in [0.2, 0.25) is 0 Å². The predicted octanol–water partition coefficient (Wildman–Crippen LogP) is 7.34. The zero-order chi connectivity index (χ0) is 31.8. The second-order valence-corrected chi connectivity index (χ2v) is 13.8. The third kappa shape index (κ3) is 7.11. The van der Waals surface area contributed by atoms with E-state index in [1.165, 1.54) is 12.1 Å². The van der Waals surface area contributed by atoms with Crippen LogP contribution in [0.5, 0.6) is 0 Å². The molecule has 0 bridgehead atoms. The van der Waals surface area contributed by atoms with Gasteiger partial charge in [0.1, 0.15) is 17.5 Å². The standard InChI is InChI=1S/C35H48F3N3O2/c1-21(2)41(24(5)42)23(4)29-19-32(37)22(3)17-30(29)25-11-14-39(15-12-25)34(43)28-13-16-40(35(6,7)8)20-31(28)27-10-9-26(36)18-33(27)38/h9-10,17-19,21,23,25,28,31H,11-16,20H2,1-8H3/t23?,28?,31-/m0/s1. The third-order valence-electron chi connectivity index (χ3n) is 9.64. The van der Waals surface area contributed by atoms with E-state index in [1.807, 2.05) is 31.7 Å². The monoisotopic (exact) mass is 599 g/mol. The predicted molar refractivity (Wildman–Crippen MR) is 164 cm³/mol. The maximum absolute atomic E-state index is 15.1. The van der Waals surface area contributed by atoms with Crippen molar-refractivity contribution in [1.29, 1.82) is 0 Å². The van der Waals surface area contributed by atoms with Crippen LogP contribution in [0.4, 0.5) is 13.2 Å². The molecule has 2 saturated heterocycles. The molecule has 2 fully saturated rings. The number of carbonyl (C=O) groups is 2. The van der Waals surface area contributed by atoms with Gasteiger partial charge in [0.25, 0.3) is 0 Å². The summed E-state index contributed by atoms with van der Waals surface area (Å²) in [5.74, 6) is -2.20. The molecule has 2 aliphatic rings. The minimum absolute atomic E-state index is 0.0205. The van der Waals surface area contributed by atoms with E-state index in [4.69, 9.17) is 0 Å². The lowest BCUT2D eigenvalue weighted by Gasteiger charge is -2.46. The summed E-state index contributed by atoms with van der Waals surface area (Å²) in [6.45, 7) is 17.9. The lowest BCUT2D eigenvalue weighted by Crippen LogP contribution is -2.53. The molecule has 2 aromatic rings. The summed E-state index contributed by atoms with van der Waals surface area (Å²) >= 11 is 0. The Bertz CT molecular complexity index is 1330. The highest BCUT2D eigenvalue weighted by molar-refractivity contribution is 5.80. The highest BCUT2D eigenvalue weighted by Gasteiger charge is 2.42. The van der Waals surface area contributed by atoms with Gasteiger partial charge in [-0.3, -0.25) is 14.5 Å². The molecule has 2 heterocycles. The van der Waals surface area contributed by atoms with Crippen molar-refractivity contribution in [1.82, 2.24) is 14.7 Å². The van der Waals surface area contributed by atoms with Crippen LogP contribution >= 0.6 is 0 Å². The Morgan fingerprint density at radius 2 is 1.56 bits per heavy atom. The van der Waals surface area contributed by atoms with Gasteiger partial charge in [-0.05, 0) is 115 Å². The first-order valence-corrected chi connectivity index (χ1v) is 15.7. The molecule has 0 aromatic heterocycles. The van der Waals surface area contributed by atoms with Crippen LogP contribution in [0, 0.1) is 30.3 Å². The summed E-state index contributed by atoms with van der Waals surface area (Å²) in [5, 5.41) is 0. The maximum Gasteiger partial charge on any atom is 0.226 e. The Morgan fingerprint density at radius 3 is 2.12 bits per heavy atom. The summed E-state index contributed by atoms with van der Waals surface area (Å²) < 4.78 is 43.7. The minimum atomic E-state index is -0.626. The van der Waals surface area contributed by atoms with Gasteiger partial charge in [0.2, 0.25) is 11.8 Å². The van der Waals surface area contributed by atoms with E-state index in [-0.39, 0.29) is 47.1 Å². The van der Waals surface area contributed by atoms with Crippen molar-refractivity contribution in [2.75, 3.05) is 26.2 Å². The van der Waals surface area contributed by atoms with Gasteiger partial charge in [-0.15, -0.1) is 0 Å². The third-order valence-corrected chi connectivity index (χ3v) is 9.64. The van der Waals surface area contributed by atoms with E-state index in [2.05, 4.69) is 25.7 Å². The average Bonchev–Trinajstić information content (AvgIpc) is 2.93. The Kier molecular flexibility index (Phi) is 9.99. The summed E-state index contributed by atoms with van der Waals surface area (Å²) in [6, 6.07) is 6.85. The number of hydrogen-bond donors (Lipinski definition) is 0. The number of benzene rings is 2. The number of piperidine rings is 2. The number of amides is 2. The van der Waals surface area contributed by atoms with Crippen LogP contribution < -0.4 is 0 Å². The van der Waals surface area contributed by atoms with Crippen LogP contribution in [-0.4, -0.2) is 64.3 Å². The molecule has 0 N–H and O–H groups in total. The number of likely N-dealkylation sites (tertiary alicyclic amines) is 2. The van der Waals surface area contributed by atoms with Gasteiger partial charge < -0.3 is 9.80 Å². The molecule has 3 atom stereocenters. The first-order chi connectivity index (χ1) is 20.1. The lowest BCUT2D eigenvalue weighted by atomic mass is 9.77. The van der Waals surface area contributed by atoms with Gasteiger partial charge in [0, 0.05) is 56.0 Å². The van der Waals surface area contributed by atoms with Gasteiger partial charge >= 0.3 is 0 Å². The molecule has 5 nitrogen and oxygen atoms in total. The first kappa shape index (κ1) is 33.0. The van der Waals surface area contributed by atoms with Crippen LogP contribution in [0.15, 0.2) is 30.3 Å². The van der Waals surface area contributed by atoms with Gasteiger partial charge in [-0.2, -0.15) is 0 Å². The highest BCUT2D eigenvalue weighted by Crippen LogP contribution is 2.40. The van der Waals surface area contributed by atoms with E-state index in [0.29, 0.717) is 50.0 Å². The Labute approximate surface area is 255 Å². The molecule has 236 valence electrons. The molecule has 2 aromatic carbocycles. The van der Waals surface area contributed by atoms with Crippen molar-refractivity contribution in [3.63, 3.8) is 0 Å². The van der Waals surface area contributed by atoms with Crippen LogP contribution in [0.3, 0.4) is 0 Å². The van der Waals surface area contributed by atoms with Crippen molar-refractivity contribution < 1.29 is 22.8 Å². The number of carbonyl (C=O) groups excluding carboxylic acids is 2. The molecule has 8 heteroatoms. The molecule has 0 spiro atoms. The number of halogens is 3. The Balaban J connectivity index is 1.56. The first-order valence-electron chi connectivity index (χ1n) is 15.7. The quantitative estimate of drug-likeness (QED) is 0.349. The van der Waals surface area contributed by atoms with Crippen molar-refractivity contribution in [3.8, 4) is 0 Å². The largest absolute Gasteiger partial charge is 0.342 e. The van der Waals surface area contributed by atoms with E-state index in [1.54, 1.807) is 24.8 Å². The maximum atomic E-state index is 15.1. The fraction of sp³-hybridized carbons (Fsp3) is 0.600. The second-order valence-electron chi connectivity index (χ2n) is 13.8. The van der Waals surface area contributed by atoms with Gasteiger partial charge in [0.15, 0.2) is 0 Å². The topological polar surface area (TPSA) is 43.9 Å². The summed E-state index contributed by atoms with van der Waals surface area (Å²) in [5.41, 5.74) is 2.67. The number of hydrogen-bond acceptors (Lipinski definition) is 3. The Hall–Kier alpha value is -2.87. The number of rotatable bonds is 6. The van der Waals surface area contributed by atoms with Crippen molar-refractivity contribution in [3.05, 3.63) is 70.0 Å². The lowest BCUT2D eigenvalue weighted by molar-refractivity contribution is -0.139. The van der Waals surface area contributed by atoms with Crippen LogP contribution in [-0.2, 0) is 9.59 Å². The van der Waals surface area contributed by atoms with Crippen molar-refractivity contribution in [2.24, 2.45) is 5.92 Å². The molecule has 2 amide bonds. The zero-order valence-electron chi connectivity index (χ0n) is 27.0. The molecule has 2 aliphatic heterocycles. The normalized spacial score (nSPS) is 21.3. The molecule has 0 saturated carbocycles. The van der Waals surface area contributed by atoms with Gasteiger partial charge in [-0.25, -0.2) is 13.2 Å². The Morgan fingerprint density at radius 1 is 0.907 bits per heavy atom. The van der Waals surface area contributed by atoms with E-state index < -0.39 is 17.6 Å². The molecule has 0 aliphatic carbocycles. The smallest absolute Gasteiger partial charge is 0.226 e. The highest BCUT2D eigenvalue weighted by atomic mass is 19.1. The molecule has 43 heavy (non-hydrogen) atoms. The molecule has 2 unspecified atom stereocenters.